The molecule has 0 aromatic carbocycles. The molecule has 0 amide bonds. The highest BCUT2D eigenvalue weighted by molar-refractivity contribution is 5.14. The minimum absolute atomic E-state index is 0.581. The number of hydrogen-bond acceptors (Lipinski definition) is 2. The average molecular weight is 187 g/mol. The van der Waals surface area contributed by atoms with E-state index in [1.54, 1.807) is 12.4 Å². The van der Waals surface area contributed by atoms with Gasteiger partial charge < -0.3 is 10.3 Å². The highest BCUT2D eigenvalue weighted by Crippen LogP contribution is 2.06. The summed E-state index contributed by atoms with van der Waals surface area (Å²) in [6.07, 6.45) is 5.66. The number of nitrogens with zero attached hydrogens (tertiary/aromatic N) is 2. The highest BCUT2D eigenvalue weighted by Gasteiger charge is 1.98. The molecule has 2 rings (SSSR count). The van der Waals surface area contributed by atoms with Crippen molar-refractivity contribution < 1.29 is 0 Å². The summed E-state index contributed by atoms with van der Waals surface area (Å²) in [5, 5.41) is 0. The fraction of sp³-hybridized carbons (Fsp3) is 0.182. The fourth-order valence-corrected chi connectivity index (χ4v) is 1.47. The molecule has 3 heteroatoms. The molecule has 0 saturated heterocycles. The molecule has 0 fully saturated rings. The van der Waals surface area contributed by atoms with E-state index in [4.69, 9.17) is 5.73 Å². The minimum atomic E-state index is 0.581. The van der Waals surface area contributed by atoms with Crippen molar-refractivity contribution in [3.8, 4) is 0 Å². The summed E-state index contributed by atoms with van der Waals surface area (Å²) in [7, 11) is 0. The number of pyridine rings is 1. The minimum Gasteiger partial charge on any atom is -0.346 e. The summed E-state index contributed by atoms with van der Waals surface area (Å²) >= 11 is 0. The first kappa shape index (κ1) is 8.97. The Morgan fingerprint density at radius 2 is 2.00 bits per heavy atom. The van der Waals surface area contributed by atoms with Crippen LogP contribution in [0.1, 0.15) is 11.3 Å². The Labute approximate surface area is 83.2 Å². The van der Waals surface area contributed by atoms with Gasteiger partial charge in [0.15, 0.2) is 0 Å². The molecule has 0 aliphatic heterocycles. The van der Waals surface area contributed by atoms with Gasteiger partial charge >= 0.3 is 0 Å². The number of aromatic nitrogens is 2. The predicted octanol–water partition coefficient (Wildman–Crippen LogP) is 1.39. The molecule has 72 valence electrons. The average Bonchev–Trinajstić information content (AvgIpc) is 2.67. The molecule has 2 aromatic heterocycles. The number of nitrogens with two attached hydrogens (primary N) is 1. The maximum Gasteiger partial charge on any atom is 0.0474 e. The molecule has 0 aliphatic rings. The van der Waals surface area contributed by atoms with Gasteiger partial charge in [0, 0.05) is 37.4 Å². The molecule has 0 saturated carbocycles. The van der Waals surface area contributed by atoms with E-state index in [1.807, 2.05) is 30.5 Å². The van der Waals surface area contributed by atoms with Crippen LogP contribution in [0.25, 0.3) is 0 Å². The van der Waals surface area contributed by atoms with Crippen molar-refractivity contribution in [2.75, 3.05) is 0 Å². The van der Waals surface area contributed by atoms with Crippen molar-refractivity contribution in [2.45, 2.75) is 13.1 Å². The molecule has 0 aliphatic carbocycles. The lowest BCUT2D eigenvalue weighted by atomic mass is 10.2. The van der Waals surface area contributed by atoms with Crippen LogP contribution in [-0.4, -0.2) is 9.55 Å². The highest BCUT2D eigenvalue weighted by atomic mass is 15.0. The second kappa shape index (κ2) is 4.07. The van der Waals surface area contributed by atoms with E-state index < -0.39 is 0 Å². The van der Waals surface area contributed by atoms with Crippen molar-refractivity contribution in [2.24, 2.45) is 5.73 Å². The molecular formula is C11H13N3. The van der Waals surface area contributed by atoms with E-state index in [9.17, 15) is 0 Å². The Bertz CT molecular complexity index is 392. The zero-order valence-corrected chi connectivity index (χ0v) is 7.93. The fourth-order valence-electron chi connectivity index (χ4n) is 1.47. The van der Waals surface area contributed by atoms with Crippen LogP contribution in [0.2, 0.25) is 0 Å². The van der Waals surface area contributed by atoms with Gasteiger partial charge in [-0.2, -0.15) is 0 Å². The first-order valence-corrected chi connectivity index (χ1v) is 4.63. The molecule has 2 aromatic rings. The third kappa shape index (κ3) is 1.83. The molecule has 14 heavy (non-hydrogen) atoms. The second-order valence-electron chi connectivity index (χ2n) is 3.19. The van der Waals surface area contributed by atoms with Gasteiger partial charge in [-0.1, -0.05) is 0 Å². The van der Waals surface area contributed by atoms with Crippen LogP contribution < -0.4 is 5.73 Å². The van der Waals surface area contributed by atoms with E-state index in [0.717, 1.165) is 12.2 Å². The Balaban J connectivity index is 2.19. The van der Waals surface area contributed by atoms with Gasteiger partial charge in [-0.15, -0.1) is 0 Å². The lowest BCUT2D eigenvalue weighted by Gasteiger charge is -2.06. The molecule has 0 bridgehead atoms. The van der Waals surface area contributed by atoms with Crippen LogP contribution in [0, 0.1) is 0 Å². The topological polar surface area (TPSA) is 43.8 Å². The molecule has 3 nitrogen and oxygen atoms in total. The van der Waals surface area contributed by atoms with E-state index in [0.29, 0.717) is 6.54 Å². The smallest absolute Gasteiger partial charge is 0.0474 e. The summed E-state index contributed by atoms with van der Waals surface area (Å²) in [5.41, 5.74) is 8.01. The largest absolute Gasteiger partial charge is 0.346 e. The summed E-state index contributed by atoms with van der Waals surface area (Å²) in [6.45, 7) is 1.44. The second-order valence-corrected chi connectivity index (χ2v) is 3.19. The van der Waals surface area contributed by atoms with Crippen LogP contribution >= 0.6 is 0 Å². The Kier molecular flexibility index (Phi) is 2.60. The van der Waals surface area contributed by atoms with Gasteiger partial charge in [0.2, 0.25) is 0 Å². The standard InChI is InChI=1S/C11H13N3/c12-8-11-2-1-7-14(11)9-10-3-5-13-6-4-10/h1-7H,8-9,12H2. The SMILES string of the molecule is NCc1cccn1Cc1ccncc1. The third-order valence-corrected chi connectivity index (χ3v) is 2.23. The normalized spacial score (nSPS) is 10.4. The lowest BCUT2D eigenvalue weighted by Crippen LogP contribution is -2.07. The van der Waals surface area contributed by atoms with E-state index >= 15 is 0 Å². The first-order valence-electron chi connectivity index (χ1n) is 4.63. The first-order chi connectivity index (χ1) is 6.90. The molecule has 0 unspecified atom stereocenters. The summed E-state index contributed by atoms with van der Waals surface area (Å²) in [6, 6.07) is 8.09. The van der Waals surface area contributed by atoms with Gasteiger partial charge in [0.1, 0.15) is 0 Å². The van der Waals surface area contributed by atoms with E-state index in [-0.39, 0.29) is 0 Å². The Morgan fingerprint density at radius 1 is 1.21 bits per heavy atom. The van der Waals surface area contributed by atoms with Crippen LogP contribution in [0.5, 0.6) is 0 Å². The summed E-state index contributed by atoms with van der Waals surface area (Å²) < 4.78 is 2.15. The van der Waals surface area contributed by atoms with Gasteiger partial charge in [-0.25, -0.2) is 0 Å². The third-order valence-electron chi connectivity index (χ3n) is 2.23. The Hall–Kier alpha value is -1.61. The van der Waals surface area contributed by atoms with Crippen molar-refractivity contribution >= 4 is 0 Å². The number of rotatable bonds is 3. The predicted molar refractivity (Wildman–Crippen MR) is 55.7 cm³/mol. The van der Waals surface area contributed by atoms with Gasteiger partial charge in [0.25, 0.3) is 0 Å². The maximum atomic E-state index is 5.62. The van der Waals surface area contributed by atoms with Crippen LogP contribution in [-0.2, 0) is 13.1 Å². The van der Waals surface area contributed by atoms with Crippen molar-refractivity contribution in [3.05, 3.63) is 54.1 Å². The van der Waals surface area contributed by atoms with Crippen molar-refractivity contribution in [3.63, 3.8) is 0 Å². The summed E-state index contributed by atoms with van der Waals surface area (Å²) in [4.78, 5) is 3.98. The van der Waals surface area contributed by atoms with Crippen LogP contribution in [0.4, 0.5) is 0 Å². The lowest BCUT2D eigenvalue weighted by molar-refractivity contribution is 0.743. The zero-order valence-electron chi connectivity index (χ0n) is 7.93. The van der Waals surface area contributed by atoms with E-state index in [1.165, 1.54) is 5.56 Å². The molecule has 2 N–H and O–H groups in total. The van der Waals surface area contributed by atoms with E-state index in [2.05, 4.69) is 9.55 Å². The zero-order chi connectivity index (χ0) is 9.80. The number of hydrogen-bond donors (Lipinski definition) is 1. The van der Waals surface area contributed by atoms with Crippen molar-refractivity contribution in [1.29, 1.82) is 0 Å². The van der Waals surface area contributed by atoms with Gasteiger partial charge in [-0.05, 0) is 29.8 Å². The molecule has 0 spiro atoms. The monoisotopic (exact) mass is 187 g/mol. The van der Waals surface area contributed by atoms with Crippen LogP contribution in [0.15, 0.2) is 42.9 Å². The molecular weight excluding hydrogens is 174 g/mol. The summed E-state index contributed by atoms with van der Waals surface area (Å²) in [5.74, 6) is 0. The molecule has 0 atom stereocenters. The molecule has 2 heterocycles. The maximum absolute atomic E-state index is 5.62. The molecule has 0 radical (unpaired) electrons. The van der Waals surface area contributed by atoms with Crippen molar-refractivity contribution in [1.82, 2.24) is 9.55 Å². The quantitative estimate of drug-likeness (QED) is 0.789. The van der Waals surface area contributed by atoms with Gasteiger partial charge in [0.05, 0.1) is 0 Å². The Morgan fingerprint density at radius 3 is 2.71 bits per heavy atom. The van der Waals surface area contributed by atoms with Crippen LogP contribution in [0.3, 0.4) is 0 Å². The van der Waals surface area contributed by atoms with Gasteiger partial charge in [-0.3, -0.25) is 4.98 Å².